The molecule has 3 rings (SSSR count). The summed E-state index contributed by atoms with van der Waals surface area (Å²) in [6, 6.07) is 7.10. The van der Waals surface area contributed by atoms with Crippen molar-refractivity contribution >= 4 is 45.7 Å². The first-order chi connectivity index (χ1) is 14.1. The summed E-state index contributed by atoms with van der Waals surface area (Å²) < 4.78 is 14.0. The van der Waals surface area contributed by atoms with E-state index >= 15 is 0 Å². The van der Waals surface area contributed by atoms with E-state index in [-0.39, 0.29) is 29.1 Å². The Kier molecular flexibility index (Phi) is 6.54. The van der Waals surface area contributed by atoms with Gasteiger partial charge in [-0.3, -0.25) is 9.36 Å². The average Bonchev–Trinajstić information content (AvgIpc) is 2.98. The molecule has 0 aliphatic heterocycles. The second-order valence-electron chi connectivity index (χ2n) is 7.95. The smallest absolute Gasteiger partial charge is 0.346 e. The van der Waals surface area contributed by atoms with E-state index in [1.54, 1.807) is 32.9 Å². The van der Waals surface area contributed by atoms with Crippen LogP contribution in [-0.2, 0) is 22.5 Å². The number of aromatic nitrogens is 4. The van der Waals surface area contributed by atoms with E-state index in [1.165, 1.54) is 4.57 Å². The number of carbonyl (C=O) groups is 1. The molecule has 0 saturated heterocycles. The van der Waals surface area contributed by atoms with Crippen molar-refractivity contribution in [1.82, 2.24) is 19.5 Å². The van der Waals surface area contributed by atoms with Gasteiger partial charge in [0.2, 0.25) is 5.91 Å². The van der Waals surface area contributed by atoms with Crippen molar-refractivity contribution in [2.24, 2.45) is 5.41 Å². The van der Waals surface area contributed by atoms with Crippen molar-refractivity contribution in [2.45, 2.75) is 45.8 Å². The highest BCUT2D eigenvalue weighted by molar-refractivity contribution is 7.91. The molecule has 2 heterocycles. The highest BCUT2D eigenvalue weighted by atomic mass is 35.5. The van der Waals surface area contributed by atoms with Gasteiger partial charge in [0, 0.05) is 21.6 Å². The van der Waals surface area contributed by atoms with Gasteiger partial charge in [0.15, 0.2) is 11.5 Å². The predicted octanol–water partition coefficient (Wildman–Crippen LogP) is 3.32. The molecule has 0 fully saturated rings. The molecule has 0 aliphatic rings. The fourth-order valence-electron chi connectivity index (χ4n) is 2.69. The molecule has 1 unspecified atom stereocenters. The number of halogens is 1. The molecule has 3 aromatic rings. The average molecular weight is 450 g/mol. The van der Waals surface area contributed by atoms with Gasteiger partial charge in [0.05, 0.1) is 6.54 Å². The molecule has 2 N–H and O–H groups in total. The number of nitrogens with one attached hydrogen (secondary N) is 2. The third-order valence-electron chi connectivity index (χ3n) is 4.36. The molecular weight excluding hydrogens is 426 g/mol. The molecule has 160 valence electrons. The van der Waals surface area contributed by atoms with Gasteiger partial charge in [0.25, 0.3) is 0 Å². The maximum Gasteiger partial charge on any atom is 0.346 e. The Balaban J connectivity index is 2.13. The number of fused-ring (bicyclic) bond motifs is 1. The van der Waals surface area contributed by atoms with Gasteiger partial charge in [-0.2, -0.15) is 9.97 Å². The van der Waals surface area contributed by atoms with E-state index in [9.17, 15) is 14.1 Å². The van der Waals surface area contributed by atoms with Crippen LogP contribution < -0.4 is 11.0 Å². The van der Waals surface area contributed by atoms with E-state index in [0.29, 0.717) is 22.7 Å². The predicted molar refractivity (Wildman–Crippen MR) is 118 cm³/mol. The van der Waals surface area contributed by atoms with Crippen LogP contribution in [0.3, 0.4) is 0 Å². The molecule has 0 bridgehead atoms. The van der Waals surface area contributed by atoms with Gasteiger partial charge in [-0.05, 0) is 24.1 Å². The summed E-state index contributed by atoms with van der Waals surface area (Å²) in [5.41, 5.74) is 0.348. The fourth-order valence-corrected chi connectivity index (χ4v) is 3.75. The zero-order chi connectivity index (χ0) is 22.1. The maximum absolute atomic E-state index is 12.7. The maximum atomic E-state index is 12.7. The van der Waals surface area contributed by atoms with Crippen molar-refractivity contribution < 1.29 is 9.35 Å². The summed E-state index contributed by atoms with van der Waals surface area (Å²) in [5, 5.41) is 3.42. The summed E-state index contributed by atoms with van der Waals surface area (Å²) in [6.07, 6.45) is 0.683. The number of benzene rings is 1. The summed E-state index contributed by atoms with van der Waals surface area (Å²) in [7, 11) is 0. The summed E-state index contributed by atoms with van der Waals surface area (Å²) in [5.74, 6) is 0.247. The monoisotopic (exact) mass is 449 g/mol. The van der Waals surface area contributed by atoms with Crippen LogP contribution in [0.25, 0.3) is 11.2 Å². The van der Waals surface area contributed by atoms with Crippen LogP contribution in [0.1, 0.15) is 39.7 Å². The Labute approximate surface area is 182 Å². The molecule has 8 nitrogen and oxygen atoms in total. The number of nitrogens with zero attached hydrogens (tertiary/aromatic N) is 3. The normalized spacial score (nSPS) is 12.9. The Morgan fingerprint density at radius 2 is 1.93 bits per heavy atom. The standard InChI is InChI=1S/C20H24ClN5O3S/c1-5-10-30(29)18-24-15(23-17(27)20(2,3)4)14-16(25-18)26(19(28)22-14)11-12-6-8-13(21)9-7-12/h6-9H,5,10-11H2,1-4H3,(H,22,28)(H,23,24,25,27). The molecule has 0 aliphatic carbocycles. The summed E-state index contributed by atoms with van der Waals surface area (Å²) >= 11 is 4.49. The van der Waals surface area contributed by atoms with Gasteiger partial charge in [-0.1, -0.05) is 51.4 Å². The van der Waals surface area contributed by atoms with Crippen LogP contribution in [0.2, 0.25) is 5.02 Å². The third kappa shape index (κ3) is 4.85. The highest BCUT2D eigenvalue weighted by Crippen LogP contribution is 2.24. The van der Waals surface area contributed by atoms with Crippen molar-refractivity contribution in [1.29, 1.82) is 0 Å². The number of rotatable bonds is 6. The van der Waals surface area contributed by atoms with Crippen LogP contribution in [-0.4, -0.2) is 35.7 Å². The van der Waals surface area contributed by atoms with Crippen molar-refractivity contribution in [3.8, 4) is 0 Å². The molecule has 0 radical (unpaired) electrons. The lowest BCUT2D eigenvalue weighted by molar-refractivity contribution is -0.123. The number of hydrogen-bond donors (Lipinski definition) is 2. The lowest BCUT2D eigenvalue weighted by Gasteiger charge is -2.18. The zero-order valence-corrected chi connectivity index (χ0v) is 18.9. The minimum atomic E-state index is -1.45. The van der Waals surface area contributed by atoms with E-state index in [4.69, 9.17) is 11.6 Å². The number of aromatic amines is 1. The molecule has 0 spiro atoms. The number of H-pyrrole nitrogens is 1. The number of imidazole rings is 1. The SMILES string of the molecule is CCC[S+]([O-])c1nc(NC(=O)C(C)(C)C)c2[nH]c(=O)n(Cc3ccc(Cl)cc3)c2n1. The van der Waals surface area contributed by atoms with Gasteiger partial charge in [-0.25, -0.2) is 4.79 Å². The molecular formula is C20H24ClN5O3S. The van der Waals surface area contributed by atoms with Crippen molar-refractivity contribution in [2.75, 3.05) is 11.1 Å². The molecule has 0 saturated carbocycles. The Bertz CT molecular complexity index is 1120. The molecule has 1 amide bonds. The minimum absolute atomic E-state index is 0.0809. The Morgan fingerprint density at radius 1 is 1.27 bits per heavy atom. The first-order valence-corrected chi connectivity index (χ1v) is 11.2. The molecule has 1 atom stereocenters. The Hall–Kier alpha value is -2.36. The van der Waals surface area contributed by atoms with Gasteiger partial charge in [-0.15, -0.1) is 0 Å². The first kappa shape index (κ1) is 22.3. The van der Waals surface area contributed by atoms with E-state index in [0.717, 1.165) is 5.56 Å². The number of amides is 1. The van der Waals surface area contributed by atoms with Crippen LogP contribution in [0, 0.1) is 5.41 Å². The van der Waals surface area contributed by atoms with Crippen LogP contribution in [0.4, 0.5) is 5.82 Å². The van der Waals surface area contributed by atoms with E-state index < -0.39 is 22.3 Å². The third-order valence-corrected chi connectivity index (χ3v) is 5.98. The number of anilines is 1. The number of carbonyl (C=O) groups excluding carboxylic acids is 1. The molecule has 10 heteroatoms. The van der Waals surface area contributed by atoms with E-state index in [1.807, 2.05) is 19.1 Å². The fraction of sp³-hybridized carbons (Fsp3) is 0.400. The van der Waals surface area contributed by atoms with Crippen molar-refractivity contribution in [3.05, 3.63) is 45.3 Å². The van der Waals surface area contributed by atoms with Crippen LogP contribution in [0.15, 0.2) is 34.2 Å². The number of hydrogen-bond acceptors (Lipinski definition) is 5. The minimum Gasteiger partial charge on any atom is -0.609 e. The van der Waals surface area contributed by atoms with Crippen LogP contribution in [0.5, 0.6) is 0 Å². The molecule has 2 aromatic heterocycles. The summed E-state index contributed by atoms with van der Waals surface area (Å²) in [6.45, 7) is 7.45. The Morgan fingerprint density at radius 3 is 2.53 bits per heavy atom. The van der Waals surface area contributed by atoms with Gasteiger partial charge >= 0.3 is 10.8 Å². The first-order valence-electron chi connectivity index (χ1n) is 9.55. The zero-order valence-electron chi connectivity index (χ0n) is 17.3. The van der Waals surface area contributed by atoms with E-state index in [2.05, 4.69) is 20.3 Å². The summed E-state index contributed by atoms with van der Waals surface area (Å²) in [4.78, 5) is 36.6. The van der Waals surface area contributed by atoms with Crippen molar-refractivity contribution in [3.63, 3.8) is 0 Å². The molecule has 1 aromatic carbocycles. The topological polar surface area (TPSA) is 116 Å². The van der Waals surface area contributed by atoms with Gasteiger partial charge in [0.1, 0.15) is 11.3 Å². The quantitative estimate of drug-likeness (QED) is 0.442. The second-order valence-corrected chi connectivity index (χ2v) is 9.85. The van der Waals surface area contributed by atoms with Gasteiger partial charge < -0.3 is 14.9 Å². The molecule has 30 heavy (non-hydrogen) atoms. The van der Waals surface area contributed by atoms with Crippen LogP contribution >= 0.6 is 11.6 Å². The lowest BCUT2D eigenvalue weighted by Crippen LogP contribution is -2.28. The largest absolute Gasteiger partial charge is 0.609 e. The lowest BCUT2D eigenvalue weighted by atomic mass is 9.96. The highest BCUT2D eigenvalue weighted by Gasteiger charge is 2.26. The second kappa shape index (κ2) is 8.79.